The van der Waals surface area contributed by atoms with E-state index in [4.69, 9.17) is 0 Å². The summed E-state index contributed by atoms with van der Waals surface area (Å²) in [6, 6.07) is 14.0. The zero-order valence-electron chi connectivity index (χ0n) is 13.0. The van der Waals surface area contributed by atoms with Gasteiger partial charge >= 0.3 is 0 Å². The number of nitrogens with zero attached hydrogens (tertiary/aromatic N) is 4. The first-order valence-corrected chi connectivity index (χ1v) is 8.88. The minimum Gasteiger partial charge on any atom is -0.220 e. The van der Waals surface area contributed by atoms with Gasteiger partial charge in [-0.25, -0.2) is 17.4 Å². The fraction of sp³-hybridized carbons (Fsp3) is 0.250. The van der Waals surface area contributed by atoms with Crippen molar-refractivity contribution in [2.45, 2.75) is 6.42 Å². The van der Waals surface area contributed by atoms with E-state index in [9.17, 15) is 8.42 Å². The molecule has 6 nitrogen and oxygen atoms in total. The molecule has 0 atom stereocenters. The zero-order chi connectivity index (χ0) is 16.4. The van der Waals surface area contributed by atoms with Gasteiger partial charge in [-0.15, -0.1) is 5.10 Å². The molecule has 7 heteroatoms. The number of hydrogen-bond donors (Lipinski definition) is 0. The van der Waals surface area contributed by atoms with Gasteiger partial charge < -0.3 is 0 Å². The standard InChI is InChI=1S/C16H18N4O2S/c1-19(2)23(21,22)11-10-14-12-20(18-17-14)16-9-5-7-13-6-3-4-8-15(13)16/h3-9,12H,10-11H2,1-2H3. The van der Waals surface area contributed by atoms with Gasteiger partial charge in [-0.05, 0) is 11.5 Å². The second-order valence-corrected chi connectivity index (χ2v) is 7.80. The van der Waals surface area contributed by atoms with Crippen LogP contribution in [0.25, 0.3) is 16.5 Å². The Bertz CT molecular complexity index is 927. The van der Waals surface area contributed by atoms with Crippen LogP contribution in [0.15, 0.2) is 48.7 Å². The molecule has 1 heterocycles. The Morgan fingerprint density at radius 3 is 2.61 bits per heavy atom. The predicted molar refractivity (Wildman–Crippen MR) is 90.0 cm³/mol. The largest absolute Gasteiger partial charge is 0.220 e. The molecule has 0 aliphatic carbocycles. The maximum absolute atomic E-state index is 11.8. The number of rotatable bonds is 5. The third kappa shape index (κ3) is 3.25. The number of fused-ring (bicyclic) bond motifs is 1. The van der Waals surface area contributed by atoms with Crippen LogP contribution in [-0.4, -0.2) is 47.6 Å². The van der Waals surface area contributed by atoms with E-state index < -0.39 is 10.0 Å². The Kier molecular flexibility index (Phi) is 4.14. The molecule has 0 spiro atoms. The Hall–Kier alpha value is -2.25. The second-order valence-electron chi connectivity index (χ2n) is 5.50. The van der Waals surface area contributed by atoms with E-state index in [0.29, 0.717) is 12.1 Å². The van der Waals surface area contributed by atoms with Crippen LogP contribution in [0.3, 0.4) is 0 Å². The molecule has 0 bridgehead atoms. The summed E-state index contributed by atoms with van der Waals surface area (Å²) in [6.45, 7) is 0. The highest BCUT2D eigenvalue weighted by Gasteiger charge is 2.15. The summed E-state index contributed by atoms with van der Waals surface area (Å²) in [5.74, 6) is 0.0221. The average molecular weight is 330 g/mol. The smallest absolute Gasteiger partial charge is 0.213 e. The van der Waals surface area contributed by atoms with E-state index in [1.165, 1.54) is 18.4 Å². The van der Waals surface area contributed by atoms with E-state index in [1.807, 2.05) is 42.5 Å². The third-order valence-electron chi connectivity index (χ3n) is 3.73. The molecule has 3 rings (SSSR count). The van der Waals surface area contributed by atoms with Gasteiger partial charge in [0.05, 0.1) is 23.3 Å². The van der Waals surface area contributed by atoms with Gasteiger partial charge in [-0.2, -0.15) is 0 Å². The molecule has 0 saturated carbocycles. The molecule has 3 aromatic rings. The van der Waals surface area contributed by atoms with Crippen LogP contribution in [0, 0.1) is 0 Å². The van der Waals surface area contributed by atoms with Gasteiger partial charge in [0.1, 0.15) is 0 Å². The van der Waals surface area contributed by atoms with E-state index in [1.54, 1.807) is 10.9 Å². The normalized spacial score (nSPS) is 12.1. The molecule has 2 aromatic carbocycles. The number of sulfonamides is 1. The van der Waals surface area contributed by atoms with Crippen molar-refractivity contribution in [3.63, 3.8) is 0 Å². The first-order valence-electron chi connectivity index (χ1n) is 7.27. The summed E-state index contributed by atoms with van der Waals surface area (Å²) in [6.07, 6.45) is 2.12. The van der Waals surface area contributed by atoms with Crippen LogP contribution in [0.4, 0.5) is 0 Å². The number of aryl methyl sites for hydroxylation is 1. The van der Waals surface area contributed by atoms with Crippen molar-refractivity contribution in [1.82, 2.24) is 19.3 Å². The van der Waals surface area contributed by atoms with Crippen LogP contribution >= 0.6 is 0 Å². The van der Waals surface area contributed by atoms with E-state index in [-0.39, 0.29) is 5.75 Å². The minimum absolute atomic E-state index is 0.0221. The van der Waals surface area contributed by atoms with Gasteiger partial charge in [0.25, 0.3) is 0 Å². The highest BCUT2D eigenvalue weighted by atomic mass is 32.2. The molecule has 1 aromatic heterocycles. The van der Waals surface area contributed by atoms with Crippen molar-refractivity contribution in [2.75, 3.05) is 19.8 Å². The molecule has 0 radical (unpaired) electrons. The SMILES string of the molecule is CN(C)S(=O)(=O)CCc1cn(-c2cccc3ccccc23)nn1. The number of benzene rings is 2. The predicted octanol–water partition coefficient (Wildman–Crippen LogP) is 1.85. The Labute approximate surface area is 135 Å². The lowest BCUT2D eigenvalue weighted by Gasteiger charge is -2.09. The molecule has 0 saturated heterocycles. The fourth-order valence-electron chi connectivity index (χ4n) is 2.35. The van der Waals surface area contributed by atoms with Gasteiger partial charge in [0.15, 0.2) is 0 Å². The first-order chi connectivity index (χ1) is 11.0. The molecular formula is C16H18N4O2S. The molecule has 0 aliphatic rings. The number of hydrogen-bond acceptors (Lipinski definition) is 4. The topological polar surface area (TPSA) is 68.1 Å². The summed E-state index contributed by atoms with van der Waals surface area (Å²) in [5.41, 5.74) is 1.58. The highest BCUT2D eigenvalue weighted by molar-refractivity contribution is 7.89. The number of aromatic nitrogens is 3. The molecule has 0 unspecified atom stereocenters. The third-order valence-corrected chi connectivity index (χ3v) is 5.56. The van der Waals surface area contributed by atoms with Gasteiger partial charge in [0.2, 0.25) is 10.0 Å². The molecule has 0 amide bonds. The molecule has 0 aliphatic heterocycles. The summed E-state index contributed by atoms with van der Waals surface area (Å²) < 4.78 is 26.6. The minimum atomic E-state index is -3.23. The molecule has 23 heavy (non-hydrogen) atoms. The van der Waals surface area contributed by atoms with Crippen molar-refractivity contribution >= 4 is 20.8 Å². The van der Waals surface area contributed by atoms with Gasteiger partial charge in [0, 0.05) is 25.9 Å². The van der Waals surface area contributed by atoms with Crippen molar-refractivity contribution in [3.05, 3.63) is 54.4 Å². The molecule has 0 N–H and O–H groups in total. The van der Waals surface area contributed by atoms with Gasteiger partial charge in [-0.1, -0.05) is 41.6 Å². The molecule has 0 fully saturated rings. The summed E-state index contributed by atoms with van der Waals surface area (Å²) in [4.78, 5) is 0. The summed E-state index contributed by atoms with van der Waals surface area (Å²) >= 11 is 0. The average Bonchev–Trinajstić information content (AvgIpc) is 3.01. The lowest BCUT2D eigenvalue weighted by atomic mass is 10.1. The lowest BCUT2D eigenvalue weighted by molar-refractivity contribution is 0.520. The highest BCUT2D eigenvalue weighted by Crippen LogP contribution is 2.21. The summed E-state index contributed by atoms with van der Waals surface area (Å²) in [7, 11) is -0.170. The lowest BCUT2D eigenvalue weighted by Crippen LogP contribution is -2.26. The van der Waals surface area contributed by atoms with Crippen LogP contribution in [0.5, 0.6) is 0 Å². The van der Waals surface area contributed by atoms with Crippen LogP contribution in [-0.2, 0) is 16.4 Å². The van der Waals surface area contributed by atoms with Gasteiger partial charge in [-0.3, -0.25) is 0 Å². The van der Waals surface area contributed by atoms with Crippen molar-refractivity contribution < 1.29 is 8.42 Å². The van der Waals surface area contributed by atoms with E-state index >= 15 is 0 Å². The maximum Gasteiger partial charge on any atom is 0.213 e. The van der Waals surface area contributed by atoms with Crippen LogP contribution in [0.1, 0.15) is 5.69 Å². The van der Waals surface area contributed by atoms with Crippen LogP contribution < -0.4 is 0 Å². The molecule has 120 valence electrons. The zero-order valence-corrected chi connectivity index (χ0v) is 13.9. The first kappa shape index (κ1) is 15.6. The van der Waals surface area contributed by atoms with Crippen molar-refractivity contribution in [3.8, 4) is 5.69 Å². The molecular weight excluding hydrogens is 312 g/mol. The van der Waals surface area contributed by atoms with E-state index in [0.717, 1.165) is 16.5 Å². The quantitative estimate of drug-likeness (QED) is 0.716. The Morgan fingerprint density at radius 1 is 1.09 bits per heavy atom. The Balaban J connectivity index is 1.87. The maximum atomic E-state index is 11.8. The van der Waals surface area contributed by atoms with E-state index in [2.05, 4.69) is 10.3 Å². The fourth-order valence-corrected chi connectivity index (χ4v) is 3.19. The van der Waals surface area contributed by atoms with Crippen LogP contribution in [0.2, 0.25) is 0 Å². The summed E-state index contributed by atoms with van der Waals surface area (Å²) in [5, 5.41) is 10.4. The monoisotopic (exact) mass is 330 g/mol. The van der Waals surface area contributed by atoms with Crippen molar-refractivity contribution in [1.29, 1.82) is 0 Å². The second kappa shape index (κ2) is 6.10. The Morgan fingerprint density at radius 2 is 1.83 bits per heavy atom. The van der Waals surface area contributed by atoms with Crippen molar-refractivity contribution in [2.24, 2.45) is 0 Å².